The van der Waals surface area contributed by atoms with Crippen LogP contribution in [0.15, 0.2) is 48.5 Å². The van der Waals surface area contributed by atoms with Crippen molar-refractivity contribution in [1.82, 2.24) is 9.80 Å². The second-order valence-electron chi connectivity index (χ2n) is 8.17. The monoisotopic (exact) mass is 414 g/mol. The van der Waals surface area contributed by atoms with Gasteiger partial charge in [0.15, 0.2) is 0 Å². The van der Waals surface area contributed by atoms with E-state index in [1.807, 2.05) is 20.8 Å². The molecule has 0 saturated carbocycles. The molecular weight excluding hydrogens is 387 g/mol. The van der Waals surface area contributed by atoms with Gasteiger partial charge in [-0.15, -0.1) is 0 Å². The van der Waals surface area contributed by atoms with E-state index < -0.39 is 5.60 Å². The number of carbonyl (C=O) groups excluding carboxylic acids is 2. The maximum Gasteiger partial charge on any atom is 0.410 e. The van der Waals surface area contributed by atoms with Crippen LogP contribution in [0, 0.1) is 5.82 Å². The smallest absolute Gasteiger partial charge is 0.410 e. The second-order valence-corrected chi connectivity index (χ2v) is 8.17. The Morgan fingerprint density at radius 2 is 1.53 bits per heavy atom. The first-order valence-corrected chi connectivity index (χ1v) is 9.96. The van der Waals surface area contributed by atoms with E-state index in [0.717, 1.165) is 5.56 Å². The maximum atomic E-state index is 13.1. The SMILES string of the molecule is CC(C)(C)OC(=O)N1CCN(C(=O)c2ccccc2OCc2ccc(F)cc2)CC1. The van der Waals surface area contributed by atoms with E-state index in [1.165, 1.54) is 12.1 Å². The number of para-hydroxylation sites is 1. The van der Waals surface area contributed by atoms with E-state index in [-0.39, 0.29) is 24.4 Å². The van der Waals surface area contributed by atoms with Crippen LogP contribution in [0.1, 0.15) is 36.7 Å². The molecule has 2 aromatic carbocycles. The van der Waals surface area contributed by atoms with Crippen LogP contribution < -0.4 is 4.74 Å². The predicted octanol–water partition coefficient (Wildman–Crippen LogP) is 4.10. The van der Waals surface area contributed by atoms with Crippen molar-refractivity contribution in [1.29, 1.82) is 0 Å². The molecule has 1 fully saturated rings. The summed E-state index contributed by atoms with van der Waals surface area (Å²) in [6, 6.07) is 13.1. The molecule has 0 aliphatic carbocycles. The van der Waals surface area contributed by atoms with Crippen LogP contribution in [0.2, 0.25) is 0 Å². The van der Waals surface area contributed by atoms with Crippen molar-refractivity contribution in [2.24, 2.45) is 0 Å². The van der Waals surface area contributed by atoms with Crippen LogP contribution in [0.3, 0.4) is 0 Å². The van der Waals surface area contributed by atoms with E-state index >= 15 is 0 Å². The fourth-order valence-corrected chi connectivity index (χ4v) is 3.10. The number of benzene rings is 2. The van der Waals surface area contributed by atoms with Gasteiger partial charge in [0.25, 0.3) is 5.91 Å². The summed E-state index contributed by atoms with van der Waals surface area (Å²) < 4.78 is 24.3. The van der Waals surface area contributed by atoms with Crippen molar-refractivity contribution in [3.63, 3.8) is 0 Å². The van der Waals surface area contributed by atoms with Crippen molar-refractivity contribution in [3.8, 4) is 5.75 Å². The molecule has 0 N–H and O–H groups in total. The highest BCUT2D eigenvalue weighted by Crippen LogP contribution is 2.22. The number of piperazine rings is 1. The van der Waals surface area contributed by atoms with Crippen molar-refractivity contribution in [2.75, 3.05) is 26.2 Å². The Bertz CT molecular complexity index is 885. The third-order valence-electron chi connectivity index (χ3n) is 4.64. The number of nitrogens with zero attached hydrogens (tertiary/aromatic N) is 2. The topological polar surface area (TPSA) is 59.1 Å². The summed E-state index contributed by atoms with van der Waals surface area (Å²) in [5, 5.41) is 0. The van der Waals surface area contributed by atoms with E-state index in [4.69, 9.17) is 9.47 Å². The number of amides is 2. The summed E-state index contributed by atoms with van der Waals surface area (Å²) >= 11 is 0. The molecule has 0 aromatic heterocycles. The van der Waals surface area contributed by atoms with E-state index in [9.17, 15) is 14.0 Å². The van der Waals surface area contributed by atoms with E-state index in [0.29, 0.717) is 37.5 Å². The van der Waals surface area contributed by atoms with Gasteiger partial charge in [-0.1, -0.05) is 24.3 Å². The lowest BCUT2D eigenvalue weighted by atomic mass is 10.1. The Morgan fingerprint density at radius 3 is 2.17 bits per heavy atom. The van der Waals surface area contributed by atoms with Gasteiger partial charge >= 0.3 is 6.09 Å². The number of ether oxygens (including phenoxy) is 2. The van der Waals surface area contributed by atoms with Gasteiger partial charge < -0.3 is 19.3 Å². The van der Waals surface area contributed by atoms with Crippen LogP contribution in [0.4, 0.5) is 9.18 Å². The summed E-state index contributed by atoms with van der Waals surface area (Å²) in [5.41, 5.74) is 0.722. The lowest BCUT2D eigenvalue weighted by molar-refractivity contribution is 0.0140. The average Bonchev–Trinajstić information content (AvgIpc) is 2.72. The molecule has 1 aliphatic rings. The molecule has 0 spiro atoms. The van der Waals surface area contributed by atoms with Gasteiger partial charge in [-0.25, -0.2) is 9.18 Å². The molecule has 2 amide bonds. The molecular formula is C23H27FN2O4. The quantitative estimate of drug-likeness (QED) is 0.756. The molecule has 1 heterocycles. The zero-order valence-electron chi connectivity index (χ0n) is 17.6. The van der Waals surface area contributed by atoms with Crippen LogP contribution in [-0.4, -0.2) is 53.6 Å². The van der Waals surface area contributed by atoms with Crippen LogP contribution in [0.25, 0.3) is 0 Å². The second kappa shape index (κ2) is 9.15. The third-order valence-corrected chi connectivity index (χ3v) is 4.64. The number of rotatable bonds is 4. The summed E-state index contributed by atoms with van der Waals surface area (Å²) in [7, 11) is 0. The molecule has 160 valence electrons. The third kappa shape index (κ3) is 5.72. The number of halogens is 1. The standard InChI is InChI=1S/C23H27FN2O4/c1-23(2,3)30-22(28)26-14-12-25(13-15-26)21(27)19-6-4-5-7-20(19)29-16-17-8-10-18(24)11-9-17/h4-11H,12-16H2,1-3H3. The summed E-state index contributed by atoms with van der Waals surface area (Å²) in [5.74, 6) is 0.0230. The minimum absolute atomic E-state index is 0.145. The van der Waals surface area contributed by atoms with Crippen molar-refractivity contribution >= 4 is 12.0 Å². The van der Waals surface area contributed by atoms with Gasteiger partial charge in [-0.3, -0.25) is 4.79 Å². The van der Waals surface area contributed by atoms with Crippen LogP contribution in [0.5, 0.6) is 5.75 Å². The van der Waals surface area contributed by atoms with E-state index in [2.05, 4.69) is 0 Å². The van der Waals surface area contributed by atoms with Crippen LogP contribution >= 0.6 is 0 Å². The normalized spacial score (nSPS) is 14.4. The fourth-order valence-electron chi connectivity index (χ4n) is 3.10. The molecule has 1 aliphatic heterocycles. The van der Waals surface area contributed by atoms with Crippen molar-refractivity contribution < 1.29 is 23.5 Å². The highest BCUT2D eigenvalue weighted by atomic mass is 19.1. The summed E-state index contributed by atoms with van der Waals surface area (Å²) in [4.78, 5) is 28.6. The van der Waals surface area contributed by atoms with Gasteiger partial charge in [0.2, 0.25) is 0 Å². The van der Waals surface area contributed by atoms with Crippen LogP contribution in [-0.2, 0) is 11.3 Å². The largest absolute Gasteiger partial charge is 0.488 e. The molecule has 6 nitrogen and oxygen atoms in total. The van der Waals surface area contributed by atoms with Gasteiger partial charge in [0.05, 0.1) is 5.56 Å². The summed E-state index contributed by atoms with van der Waals surface area (Å²) in [6.45, 7) is 7.39. The average molecular weight is 414 g/mol. The van der Waals surface area contributed by atoms with Gasteiger partial charge in [0, 0.05) is 26.2 Å². The number of hydrogen-bond acceptors (Lipinski definition) is 4. The summed E-state index contributed by atoms with van der Waals surface area (Å²) in [6.07, 6.45) is -0.363. The maximum absolute atomic E-state index is 13.1. The lowest BCUT2D eigenvalue weighted by Gasteiger charge is -2.35. The van der Waals surface area contributed by atoms with Gasteiger partial charge in [0.1, 0.15) is 23.8 Å². The Labute approximate surface area is 176 Å². The molecule has 1 saturated heterocycles. The van der Waals surface area contributed by atoms with Gasteiger partial charge in [-0.2, -0.15) is 0 Å². The minimum atomic E-state index is -0.551. The Morgan fingerprint density at radius 1 is 0.933 bits per heavy atom. The van der Waals surface area contributed by atoms with Crippen molar-refractivity contribution in [3.05, 3.63) is 65.5 Å². The number of hydrogen-bond donors (Lipinski definition) is 0. The molecule has 7 heteroatoms. The first-order chi connectivity index (χ1) is 14.2. The molecule has 0 unspecified atom stereocenters. The highest BCUT2D eigenvalue weighted by molar-refractivity contribution is 5.97. The first-order valence-electron chi connectivity index (χ1n) is 9.96. The minimum Gasteiger partial charge on any atom is -0.488 e. The number of carbonyl (C=O) groups is 2. The molecule has 0 bridgehead atoms. The zero-order valence-corrected chi connectivity index (χ0v) is 17.6. The zero-order chi connectivity index (χ0) is 21.7. The Balaban J connectivity index is 1.61. The highest BCUT2D eigenvalue weighted by Gasteiger charge is 2.29. The Hall–Kier alpha value is -3.09. The van der Waals surface area contributed by atoms with E-state index in [1.54, 1.807) is 46.2 Å². The molecule has 0 atom stereocenters. The first kappa shape index (κ1) is 21.6. The molecule has 2 aromatic rings. The lowest BCUT2D eigenvalue weighted by Crippen LogP contribution is -2.51. The van der Waals surface area contributed by atoms with Crippen molar-refractivity contribution in [2.45, 2.75) is 33.0 Å². The molecule has 30 heavy (non-hydrogen) atoms. The fraction of sp³-hybridized carbons (Fsp3) is 0.391. The van der Waals surface area contributed by atoms with Gasteiger partial charge in [-0.05, 0) is 50.6 Å². The molecule has 3 rings (SSSR count). The molecule has 0 radical (unpaired) electrons. The predicted molar refractivity (Wildman–Crippen MR) is 111 cm³/mol. The Kier molecular flexibility index (Phi) is 6.59.